The number of phosphoric ester groups is 2. The van der Waals surface area contributed by atoms with Crippen molar-refractivity contribution in [2.24, 2.45) is 0 Å². The summed E-state index contributed by atoms with van der Waals surface area (Å²) in [6.45, 7) is 3.46. The molecule has 1 aliphatic rings. The van der Waals surface area contributed by atoms with E-state index in [1.165, 1.54) is 63.1 Å². The van der Waals surface area contributed by atoms with Crippen molar-refractivity contribution in [1.82, 2.24) is 0 Å². The van der Waals surface area contributed by atoms with Gasteiger partial charge < -0.3 is 49.3 Å². The molecule has 1 saturated carbocycles. The van der Waals surface area contributed by atoms with Crippen LogP contribution in [0.25, 0.3) is 0 Å². The number of hydrogen-bond acceptors (Lipinski definition) is 15. The standard InChI is InChI=1S/C39H76O17P2S/c1-3-5-6-7-8-9-10-11-12-13-15-18-21-25-32(40)54-31(28-52-30-51-26-22-19-16-14-17-20-23-27-59-33(41)24-4-2)29-53-58(49,50)56-39-36(44)34(42)35(43)38(37(39)45)55-57(46,47)48/h31,34-39,42-45H,3-30H2,1-2H3,(H,49,50)(H2,46,47,48)/t31-,34-,35?,36?,37+,38+,39?/m1/s1. The first-order chi connectivity index (χ1) is 28.1. The largest absolute Gasteiger partial charge is 0.472 e. The number of carbonyl (C=O) groups excluding carboxylic acids is 2. The van der Waals surface area contributed by atoms with Crippen molar-refractivity contribution in [3.63, 3.8) is 0 Å². The molecule has 17 nitrogen and oxygen atoms in total. The maximum Gasteiger partial charge on any atom is 0.472 e. The molecule has 0 spiro atoms. The lowest BCUT2D eigenvalue weighted by atomic mass is 9.85. The molecule has 350 valence electrons. The number of hydrogen-bond donors (Lipinski definition) is 7. The van der Waals surface area contributed by atoms with E-state index in [4.69, 9.17) is 33.0 Å². The Balaban J connectivity index is 2.55. The highest BCUT2D eigenvalue weighted by molar-refractivity contribution is 8.13. The van der Waals surface area contributed by atoms with Crippen LogP contribution in [0.5, 0.6) is 0 Å². The molecule has 7 N–H and O–H groups in total. The summed E-state index contributed by atoms with van der Waals surface area (Å²) in [4.78, 5) is 53.1. The lowest BCUT2D eigenvalue weighted by molar-refractivity contribution is -0.216. The molecule has 0 saturated heterocycles. The number of esters is 1. The van der Waals surface area contributed by atoms with Crippen LogP contribution in [-0.2, 0) is 46.5 Å². The summed E-state index contributed by atoms with van der Waals surface area (Å²) in [5.74, 6) is 0.285. The number of phosphoric acid groups is 2. The predicted molar refractivity (Wildman–Crippen MR) is 223 cm³/mol. The Morgan fingerprint density at radius 2 is 1.08 bits per heavy atom. The van der Waals surface area contributed by atoms with Gasteiger partial charge in [-0.05, 0) is 25.7 Å². The van der Waals surface area contributed by atoms with Crippen molar-refractivity contribution in [2.75, 3.05) is 32.4 Å². The minimum absolute atomic E-state index is 0.0945. The second kappa shape index (κ2) is 34.0. The van der Waals surface area contributed by atoms with Crippen molar-refractivity contribution < 1.29 is 81.6 Å². The minimum atomic E-state index is -5.34. The third-order valence-electron chi connectivity index (χ3n) is 9.89. The highest BCUT2D eigenvalue weighted by Gasteiger charge is 2.54. The number of rotatable bonds is 38. The molecule has 0 aliphatic heterocycles. The van der Waals surface area contributed by atoms with Crippen LogP contribution in [0, 0.1) is 0 Å². The fourth-order valence-corrected chi connectivity index (χ4v) is 9.01. The van der Waals surface area contributed by atoms with Crippen LogP contribution >= 0.6 is 27.4 Å². The van der Waals surface area contributed by atoms with E-state index < -0.39 is 70.9 Å². The lowest BCUT2D eigenvalue weighted by Gasteiger charge is -2.43. The van der Waals surface area contributed by atoms with Gasteiger partial charge in [0.2, 0.25) is 0 Å². The van der Waals surface area contributed by atoms with E-state index in [0.717, 1.165) is 82.8 Å². The summed E-state index contributed by atoms with van der Waals surface area (Å²) < 4.78 is 55.0. The summed E-state index contributed by atoms with van der Waals surface area (Å²) in [7, 11) is -10.6. The first-order valence-corrected chi connectivity index (χ1v) is 25.8. The molecule has 59 heavy (non-hydrogen) atoms. The molecule has 0 aromatic heterocycles. The Bertz CT molecular complexity index is 1180. The first-order valence-electron chi connectivity index (χ1n) is 21.7. The number of aliphatic hydroxyl groups is 4. The van der Waals surface area contributed by atoms with E-state index in [1.807, 2.05) is 6.92 Å². The molecule has 8 atom stereocenters. The topological polar surface area (TPSA) is 265 Å². The van der Waals surface area contributed by atoms with Gasteiger partial charge in [-0.25, -0.2) is 9.13 Å². The second-order valence-electron chi connectivity index (χ2n) is 15.3. The van der Waals surface area contributed by atoms with Crippen LogP contribution < -0.4 is 0 Å². The average molecular weight is 911 g/mol. The molecule has 20 heteroatoms. The maximum atomic E-state index is 12.9. The van der Waals surface area contributed by atoms with E-state index in [9.17, 15) is 44.0 Å². The van der Waals surface area contributed by atoms with Gasteiger partial charge in [0.25, 0.3) is 0 Å². The molecule has 4 unspecified atom stereocenters. The summed E-state index contributed by atoms with van der Waals surface area (Å²) in [6.07, 6.45) is 9.05. The molecule has 0 radical (unpaired) electrons. The Hall–Kier alpha value is -0.530. The Morgan fingerprint density at radius 1 is 0.576 bits per heavy atom. The number of unbranched alkanes of at least 4 members (excludes halogenated alkanes) is 18. The normalized spacial score (nSPS) is 22.6. The van der Waals surface area contributed by atoms with Gasteiger partial charge in [0.05, 0.1) is 13.2 Å². The highest BCUT2D eigenvalue weighted by Crippen LogP contribution is 2.49. The molecule has 0 aromatic carbocycles. The van der Waals surface area contributed by atoms with Gasteiger partial charge in [-0.1, -0.05) is 135 Å². The molecule has 0 bridgehead atoms. The lowest BCUT2D eigenvalue weighted by Crippen LogP contribution is -2.64. The van der Waals surface area contributed by atoms with Crippen LogP contribution in [0.2, 0.25) is 0 Å². The maximum absolute atomic E-state index is 12.9. The summed E-state index contributed by atoms with van der Waals surface area (Å²) in [5, 5.41) is 41.4. The number of carbonyl (C=O) groups is 2. The van der Waals surface area contributed by atoms with Gasteiger partial charge >= 0.3 is 21.6 Å². The van der Waals surface area contributed by atoms with Crippen molar-refractivity contribution in [1.29, 1.82) is 0 Å². The zero-order valence-corrected chi connectivity index (χ0v) is 38.0. The zero-order chi connectivity index (χ0) is 43.9. The van der Waals surface area contributed by atoms with Gasteiger partial charge in [0.15, 0.2) is 5.12 Å². The molecule has 1 aliphatic carbocycles. The first kappa shape index (κ1) is 56.5. The van der Waals surface area contributed by atoms with Gasteiger partial charge in [-0.3, -0.25) is 23.2 Å². The molecular weight excluding hydrogens is 834 g/mol. The fraction of sp³-hybridized carbons (Fsp3) is 0.949. The van der Waals surface area contributed by atoms with Crippen molar-refractivity contribution in [3.05, 3.63) is 0 Å². The quantitative estimate of drug-likeness (QED) is 0.0149. The summed E-state index contributed by atoms with van der Waals surface area (Å²) in [5.41, 5.74) is 0. The molecule has 1 rings (SSSR count). The number of thioether (sulfide) groups is 1. The number of ether oxygens (including phenoxy) is 3. The highest BCUT2D eigenvalue weighted by atomic mass is 32.2. The van der Waals surface area contributed by atoms with Crippen molar-refractivity contribution in [3.8, 4) is 0 Å². The van der Waals surface area contributed by atoms with Crippen LogP contribution in [-0.4, -0.2) is 121 Å². The van der Waals surface area contributed by atoms with Gasteiger partial charge in [0.1, 0.15) is 49.5 Å². The van der Waals surface area contributed by atoms with Crippen LogP contribution in [0.1, 0.15) is 162 Å². The predicted octanol–water partition coefficient (Wildman–Crippen LogP) is 6.60. The summed E-state index contributed by atoms with van der Waals surface area (Å²) in [6, 6.07) is 0. The smallest absolute Gasteiger partial charge is 0.457 e. The van der Waals surface area contributed by atoms with E-state index >= 15 is 0 Å². The Kier molecular flexibility index (Phi) is 32.5. The average Bonchev–Trinajstić information content (AvgIpc) is 3.18. The van der Waals surface area contributed by atoms with Crippen LogP contribution in [0.3, 0.4) is 0 Å². The van der Waals surface area contributed by atoms with Gasteiger partial charge in [0, 0.05) is 25.2 Å². The SMILES string of the molecule is CCCCCCCCCCCCCCCC(=O)O[C@H](COCOCCCCCCCCCSC(=O)CCC)COP(=O)(O)OC1C(O)[C@H](O)C(O)[C@H](OP(=O)(O)O)[C@@H]1O. The molecule has 0 aromatic rings. The summed E-state index contributed by atoms with van der Waals surface area (Å²) >= 11 is 1.42. The molecule has 1 fully saturated rings. The van der Waals surface area contributed by atoms with Crippen molar-refractivity contribution >= 4 is 38.5 Å². The fourth-order valence-electron chi connectivity index (χ4n) is 6.55. The van der Waals surface area contributed by atoms with E-state index in [2.05, 4.69) is 11.4 Å². The Labute approximate surface area is 355 Å². The van der Waals surface area contributed by atoms with Crippen LogP contribution in [0.4, 0.5) is 0 Å². The third-order valence-corrected chi connectivity index (χ3v) is 12.4. The van der Waals surface area contributed by atoms with Crippen molar-refractivity contribution in [2.45, 2.75) is 204 Å². The third kappa shape index (κ3) is 28.7. The molecule has 0 amide bonds. The molecular formula is C39H76O17P2S. The minimum Gasteiger partial charge on any atom is -0.457 e. The molecule has 0 heterocycles. The monoisotopic (exact) mass is 910 g/mol. The van der Waals surface area contributed by atoms with Gasteiger partial charge in [-0.15, -0.1) is 0 Å². The van der Waals surface area contributed by atoms with E-state index in [1.54, 1.807) is 0 Å². The Morgan fingerprint density at radius 3 is 1.63 bits per heavy atom. The second-order valence-corrected chi connectivity index (χ2v) is 19.1. The van der Waals surface area contributed by atoms with E-state index in [-0.39, 0.29) is 24.9 Å². The van der Waals surface area contributed by atoms with Crippen LogP contribution in [0.15, 0.2) is 0 Å². The number of aliphatic hydroxyl groups excluding tert-OH is 4. The van der Waals surface area contributed by atoms with E-state index in [0.29, 0.717) is 19.4 Å². The zero-order valence-electron chi connectivity index (χ0n) is 35.4. The van der Waals surface area contributed by atoms with Gasteiger partial charge in [-0.2, -0.15) is 0 Å².